The van der Waals surface area contributed by atoms with Crippen molar-refractivity contribution in [1.29, 1.82) is 0 Å². The van der Waals surface area contributed by atoms with Gasteiger partial charge in [0.25, 0.3) is 0 Å². The van der Waals surface area contributed by atoms with E-state index in [2.05, 4.69) is 34.9 Å². The number of nitrogens with one attached hydrogen (secondary N) is 2. The van der Waals surface area contributed by atoms with Crippen molar-refractivity contribution in [2.45, 2.75) is 50.9 Å². The normalized spacial score (nSPS) is 18.5. The van der Waals surface area contributed by atoms with Gasteiger partial charge in [-0.25, -0.2) is 4.79 Å². The van der Waals surface area contributed by atoms with E-state index in [1.165, 1.54) is 22.3 Å². The number of aliphatic carboxylic acids is 1. The molecule has 2 unspecified atom stereocenters. The molecule has 0 aliphatic heterocycles. The molecule has 0 saturated heterocycles. The Morgan fingerprint density at radius 1 is 0.886 bits per heavy atom. The largest absolute Gasteiger partial charge is 0.481 e. The highest BCUT2D eigenvalue weighted by Crippen LogP contribution is 2.44. The van der Waals surface area contributed by atoms with Gasteiger partial charge in [0, 0.05) is 31.8 Å². The van der Waals surface area contributed by atoms with Gasteiger partial charge >= 0.3 is 12.1 Å². The van der Waals surface area contributed by atoms with Gasteiger partial charge in [0.15, 0.2) is 0 Å². The third-order valence-electron chi connectivity index (χ3n) is 7.14. The minimum atomic E-state index is -0.744. The van der Waals surface area contributed by atoms with Crippen LogP contribution in [0.5, 0.6) is 0 Å². The Bertz CT molecular complexity index is 1010. The van der Waals surface area contributed by atoms with Crippen LogP contribution in [0.25, 0.3) is 11.1 Å². The Labute approximate surface area is 206 Å². The van der Waals surface area contributed by atoms with Crippen molar-refractivity contribution in [2.24, 2.45) is 11.8 Å². The maximum atomic E-state index is 12.2. The topological polar surface area (TPSA) is 105 Å². The highest BCUT2D eigenvalue weighted by molar-refractivity contribution is 5.79. The lowest BCUT2D eigenvalue weighted by Gasteiger charge is -2.14. The minimum absolute atomic E-state index is 0.00725. The van der Waals surface area contributed by atoms with Crippen molar-refractivity contribution in [1.82, 2.24) is 10.6 Å². The molecule has 2 aliphatic rings. The molecule has 186 valence electrons. The molecule has 2 aliphatic carbocycles. The van der Waals surface area contributed by atoms with Crippen LogP contribution in [-0.2, 0) is 14.3 Å². The summed E-state index contributed by atoms with van der Waals surface area (Å²) in [4.78, 5) is 35.1. The van der Waals surface area contributed by atoms with Crippen LogP contribution >= 0.6 is 0 Å². The van der Waals surface area contributed by atoms with E-state index in [4.69, 9.17) is 9.84 Å². The Kier molecular flexibility index (Phi) is 8.40. The quantitative estimate of drug-likeness (QED) is 0.406. The summed E-state index contributed by atoms with van der Waals surface area (Å²) in [6.07, 6.45) is 4.35. The summed E-state index contributed by atoms with van der Waals surface area (Å²) in [5.41, 5.74) is 4.76. The van der Waals surface area contributed by atoms with Crippen LogP contribution in [0.1, 0.15) is 62.0 Å². The van der Waals surface area contributed by atoms with Gasteiger partial charge in [0.2, 0.25) is 5.91 Å². The third kappa shape index (κ3) is 6.62. The van der Waals surface area contributed by atoms with Crippen LogP contribution in [-0.4, -0.2) is 42.8 Å². The second-order valence-corrected chi connectivity index (χ2v) is 9.66. The Morgan fingerprint density at radius 2 is 1.54 bits per heavy atom. The molecule has 1 fully saturated rings. The Balaban J connectivity index is 1.09. The van der Waals surface area contributed by atoms with Gasteiger partial charge in [-0.1, -0.05) is 48.5 Å². The molecule has 7 nitrogen and oxygen atoms in total. The van der Waals surface area contributed by atoms with Crippen molar-refractivity contribution in [3.63, 3.8) is 0 Å². The van der Waals surface area contributed by atoms with E-state index in [1.54, 1.807) is 0 Å². The zero-order valence-corrected chi connectivity index (χ0v) is 20.0. The zero-order chi connectivity index (χ0) is 24.6. The first-order valence-corrected chi connectivity index (χ1v) is 12.6. The second-order valence-electron chi connectivity index (χ2n) is 9.66. The van der Waals surface area contributed by atoms with Gasteiger partial charge in [-0.3, -0.25) is 9.59 Å². The van der Waals surface area contributed by atoms with Gasteiger partial charge in [-0.05, 0) is 66.2 Å². The summed E-state index contributed by atoms with van der Waals surface area (Å²) in [7, 11) is 0. The SMILES string of the molecule is O=C(O)CC1CCC(CNC(=O)CCCCNC(=O)OCC2c3ccccc3-c3ccccc32)C1. The summed E-state index contributed by atoms with van der Waals surface area (Å²) < 4.78 is 5.53. The third-order valence-corrected chi connectivity index (χ3v) is 7.14. The number of ether oxygens (including phenoxy) is 1. The molecular formula is C28H34N2O5. The molecular weight excluding hydrogens is 444 g/mol. The van der Waals surface area contributed by atoms with E-state index in [0.29, 0.717) is 38.3 Å². The number of carboxylic acids is 1. The van der Waals surface area contributed by atoms with Crippen LogP contribution < -0.4 is 10.6 Å². The molecule has 1 saturated carbocycles. The molecule has 3 N–H and O–H groups in total. The van der Waals surface area contributed by atoms with Crippen molar-refractivity contribution in [3.8, 4) is 11.1 Å². The van der Waals surface area contributed by atoms with Crippen molar-refractivity contribution in [2.75, 3.05) is 19.7 Å². The minimum Gasteiger partial charge on any atom is -0.481 e. The summed E-state index contributed by atoms with van der Waals surface area (Å²) in [6, 6.07) is 16.5. The number of hydrogen-bond donors (Lipinski definition) is 3. The number of rotatable bonds is 11. The molecule has 0 heterocycles. The number of carbonyl (C=O) groups excluding carboxylic acids is 2. The monoisotopic (exact) mass is 478 g/mol. The fraction of sp³-hybridized carbons (Fsp3) is 0.464. The smallest absolute Gasteiger partial charge is 0.407 e. The second kappa shape index (κ2) is 11.9. The lowest BCUT2D eigenvalue weighted by Crippen LogP contribution is -2.29. The summed E-state index contributed by atoms with van der Waals surface area (Å²) >= 11 is 0. The summed E-state index contributed by atoms with van der Waals surface area (Å²) in [5.74, 6) is -0.0905. The first-order chi connectivity index (χ1) is 17.0. The van der Waals surface area contributed by atoms with Crippen molar-refractivity contribution in [3.05, 3.63) is 59.7 Å². The average molecular weight is 479 g/mol. The molecule has 0 bridgehead atoms. The fourth-order valence-corrected chi connectivity index (χ4v) is 5.39. The fourth-order valence-electron chi connectivity index (χ4n) is 5.39. The van der Waals surface area contributed by atoms with E-state index in [9.17, 15) is 14.4 Å². The van der Waals surface area contributed by atoms with E-state index in [1.807, 2.05) is 24.3 Å². The number of alkyl carbamates (subject to hydrolysis) is 1. The number of fused-ring (bicyclic) bond motifs is 3. The van der Waals surface area contributed by atoms with Crippen LogP contribution in [0.15, 0.2) is 48.5 Å². The number of benzene rings is 2. The summed E-state index contributed by atoms with van der Waals surface area (Å²) in [6.45, 7) is 1.37. The Hall–Kier alpha value is -3.35. The van der Waals surface area contributed by atoms with Crippen molar-refractivity contribution >= 4 is 18.0 Å². The van der Waals surface area contributed by atoms with Gasteiger partial charge in [0.05, 0.1) is 0 Å². The number of carbonyl (C=O) groups is 3. The molecule has 2 aromatic rings. The number of hydrogen-bond acceptors (Lipinski definition) is 4. The Morgan fingerprint density at radius 3 is 2.23 bits per heavy atom. The van der Waals surface area contributed by atoms with Gasteiger partial charge in [-0.15, -0.1) is 0 Å². The molecule has 0 radical (unpaired) electrons. The first-order valence-electron chi connectivity index (χ1n) is 12.6. The molecule has 0 aromatic heterocycles. The highest BCUT2D eigenvalue weighted by Gasteiger charge is 2.29. The molecule has 2 atom stereocenters. The van der Waals surface area contributed by atoms with Gasteiger partial charge < -0.3 is 20.5 Å². The van der Waals surface area contributed by atoms with Crippen molar-refractivity contribution < 1.29 is 24.2 Å². The molecule has 7 heteroatoms. The average Bonchev–Trinajstić information content (AvgIpc) is 3.43. The molecule has 2 aromatic carbocycles. The van der Waals surface area contributed by atoms with Crippen LogP contribution in [0.4, 0.5) is 4.79 Å². The van der Waals surface area contributed by atoms with E-state index in [0.717, 1.165) is 19.3 Å². The van der Waals surface area contributed by atoms with Crippen LogP contribution in [0.2, 0.25) is 0 Å². The van der Waals surface area contributed by atoms with Crippen LogP contribution in [0.3, 0.4) is 0 Å². The lowest BCUT2D eigenvalue weighted by molar-refractivity contribution is -0.138. The molecule has 35 heavy (non-hydrogen) atoms. The van der Waals surface area contributed by atoms with E-state index < -0.39 is 12.1 Å². The van der Waals surface area contributed by atoms with Gasteiger partial charge in [0.1, 0.15) is 6.61 Å². The number of amides is 2. The maximum Gasteiger partial charge on any atom is 0.407 e. The van der Waals surface area contributed by atoms with E-state index in [-0.39, 0.29) is 30.8 Å². The van der Waals surface area contributed by atoms with Crippen LogP contribution in [0, 0.1) is 11.8 Å². The molecule has 2 amide bonds. The standard InChI is InChI=1S/C28H34N2O5/c31-26(30-17-20-13-12-19(15-20)16-27(32)33)11-5-6-14-29-28(34)35-18-25-23-9-3-1-7-21(23)22-8-2-4-10-24(22)25/h1-4,7-10,19-20,25H,5-6,11-18H2,(H,29,34)(H,30,31)(H,32,33). The highest BCUT2D eigenvalue weighted by atomic mass is 16.5. The van der Waals surface area contributed by atoms with Gasteiger partial charge in [-0.2, -0.15) is 0 Å². The lowest BCUT2D eigenvalue weighted by atomic mass is 9.98. The van der Waals surface area contributed by atoms with E-state index >= 15 is 0 Å². The number of unbranched alkanes of at least 4 members (excludes halogenated alkanes) is 1. The predicted octanol–water partition coefficient (Wildman–Crippen LogP) is 4.70. The molecule has 0 spiro atoms. The summed E-state index contributed by atoms with van der Waals surface area (Å²) in [5, 5.41) is 14.7. The zero-order valence-electron chi connectivity index (χ0n) is 20.0. The maximum absolute atomic E-state index is 12.2. The predicted molar refractivity (Wildman–Crippen MR) is 133 cm³/mol. The number of carboxylic acid groups (broad SMARTS) is 1. The molecule has 4 rings (SSSR count). The first kappa shape index (κ1) is 24.8.